The monoisotopic (exact) mass is 273 g/mol. The summed E-state index contributed by atoms with van der Waals surface area (Å²) in [6, 6.07) is 4.32. The van der Waals surface area contributed by atoms with Gasteiger partial charge in [0.2, 0.25) is 0 Å². The van der Waals surface area contributed by atoms with Gasteiger partial charge in [-0.25, -0.2) is 0 Å². The number of hydrogen-bond acceptors (Lipinski definition) is 2. The van der Waals surface area contributed by atoms with Crippen LogP contribution in [-0.4, -0.2) is 11.3 Å². The molecule has 2 nitrogen and oxygen atoms in total. The van der Waals surface area contributed by atoms with Gasteiger partial charge in [0.1, 0.15) is 5.78 Å². The largest absolute Gasteiger partial charge is 0.325 e. The van der Waals surface area contributed by atoms with Gasteiger partial charge < -0.3 is 5.73 Å². The molecule has 0 heterocycles. The van der Waals surface area contributed by atoms with E-state index < -0.39 is 0 Å². The minimum absolute atomic E-state index is 0.234. The van der Waals surface area contributed by atoms with Crippen molar-refractivity contribution >= 4 is 5.78 Å². The summed E-state index contributed by atoms with van der Waals surface area (Å²) in [5, 5.41) is 0. The fraction of sp³-hybridized carbons (Fsp3) is 0.611. The molecule has 110 valence electrons. The lowest BCUT2D eigenvalue weighted by Crippen LogP contribution is -2.43. The second kappa shape index (κ2) is 6.09. The van der Waals surface area contributed by atoms with Crippen molar-refractivity contribution in [3.05, 3.63) is 34.4 Å². The first-order chi connectivity index (χ1) is 9.39. The van der Waals surface area contributed by atoms with Crippen molar-refractivity contribution < 1.29 is 4.79 Å². The average Bonchev–Trinajstić information content (AvgIpc) is 2.34. The summed E-state index contributed by atoms with van der Waals surface area (Å²) in [5.74, 6) is 0.296. The zero-order chi connectivity index (χ0) is 14.8. The first kappa shape index (κ1) is 15.2. The van der Waals surface area contributed by atoms with Crippen molar-refractivity contribution in [2.45, 2.75) is 71.3 Å². The Balaban J connectivity index is 2.05. The molecule has 1 aliphatic rings. The van der Waals surface area contributed by atoms with E-state index >= 15 is 0 Å². The minimum atomic E-state index is -0.234. The fourth-order valence-electron chi connectivity index (χ4n) is 3.57. The van der Waals surface area contributed by atoms with Gasteiger partial charge in [0, 0.05) is 18.4 Å². The first-order valence-electron chi connectivity index (χ1n) is 7.77. The Morgan fingerprint density at radius 1 is 1.10 bits per heavy atom. The van der Waals surface area contributed by atoms with Crippen molar-refractivity contribution in [2.24, 2.45) is 5.73 Å². The zero-order valence-corrected chi connectivity index (χ0v) is 13.1. The molecule has 1 saturated carbocycles. The Kier molecular flexibility index (Phi) is 4.64. The van der Waals surface area contributed by atoms with Crippen LogP contribution >= 0.6 is 0 Å². The van der Waals surface area contributed by atoms with Gasteiger partial charge in [-0.1, -0.05) is 37.0 Å². The maximum absolute atomic E-state index is 12.4. The summed E-state index contributed by atoms with van der Waals surface area (Å²) in [6.07, 6.45) is 6.70. The van der Waals surface area contributed by atoms with Crippen LogP contribution in [0.4, 0.5) is 0 Å². The number of carbonyl (C=O) groups is 1. The molecule has 1 aromatic rings. The van der Waals surface area contributed by atoms with E-state index in [1.807, 2.05) is 0 Å². The molecule has 0 spiro atoms. The van der Waals surface area contributed by atoms with Gasteiger partial charge in [0.05, 0.1) is 0 Å². The van der Waals surface area contributed by atoms with Crippen LogP contribution in [0.3, 0.4) is 0 Å². The van der Waals surface area contributed by atoms with E-state index in [9.17, 15) is 4.79 Å². The van der Waals surface area contributed by atoms with Gasteiger partial charge >= 0.3 is 0 Å². The van der Waals surface area contributed by atoms with Crippen LogP contribution in [0.5, 0.6) is 0 Å². The minimum Gasteiger partial charge on any atom is -0.325 e. The van der Waals surface area contributed by atoms with E-state index in [1.54, 1.807) is 0 Å². The van der Waals surface area contributed by atoms with E-state index in [-0.39, 0.29) is 5.54 Å². The van der Waals surface area contributed by atoms with Gasteiger partial charge in [0.15, 0.2) is 0 Å². The number of carbonyl (C=O) groups excluding carboxylic acids is 1. The normalized spacial score (nSPS) is 18.0. The van der Waals surface area contributed by atoms with Crippen LogP contribution in [0.1, 0.15) is 60.8 Å². The average molecular weight is 273 g/mol. The Labute approximate surface area is 122 Å². The van der Waals surface area contributed by atoms with E-state index in [1.165, 1.54) is 41.5 Å². The second-order valence-electron chi connectivity index (χ2n) is 6.69. The Hall–Kier alpha value is -1.15. The van der Waals surface area contributed by atoms with E-state index in [2.05, 4.69) is 32.9 Å². The molecule has 1 aliphatic carbocycles. The quantitative estimate of drug-likeness (QED) is 0.907. The highest BCUT2D eigenvalue weighted by molar-refractivity contribution is 5.82. The summed E-state index contributed by atoms with van der Waals surface area (Å²) in [6.45, 7) is 6.30. The standard InChI is InChI=1S/C18H27NO/c1-13-9-14(2)17(15(3)10-13)11-16(20)12-18(19)7-5-4-6-8-18/h9-10H,4-8,11-12,19H2,1-3H3. The molecule has 20 heavy (non-hydrogen) atoms. The molecule has 1 aromatic carbocycles. The van der Waals surface area contributed by atoms with Crippen LogP contribution in [-0.2, 0) is 11.2 Å². The number of nitrogens with two attached hydrogens (primary N) is 1. The highest BCUT2D eigenvalue weighted by Crippen LogP contribution is 2.29. The highest BCUT2D eigenvalue weighted by atomic mass is 16.1. The van der Waals surface area contributed by atoms with Gasteiger partial charge in [-0.3, -0.25) is 4.79 Å². The lowest BCUT2D eigenvalue weighted by atomic mass is 9.78. The van der Waals surface area contributed by atoms with Gasteiger partial charge in [-0.15, -0.1) is 0 Å². The van der Waals surface area contributed by atoms with E-state index in [0.29, 0.717) is 18.6 Å². The number of Topliss-reactive ketones (excluding diaryl/α,β-unsaturated/α-hetero) is 1. The first-order valence-corrected chi connectivity index (χ1v) is 7.77. The van der Waals surface area contributed by atoms with Crippen LogP contribution in [0.2, 0.25) is 0 Å². The maximum atomic E-state index is 12.4. The number of rotatable bonds is 4. The molecule has 0 saturated heterocycles. The number of hydrogen-bond donors (Lipinski definition) is 1. The fourth-order valence-corrected chi connectivity index (χ4v) is 3.57. The summed E-state index contributed by atoms with van der Waals surface area (Å²) in [4.78, 5) is 12.4. The third-order valence-corrected chi connectivity index (χ3v) is 4.61. The molecule has 0 aromatic heterocycles. The van der Waals surface area contributed by atoms with E-state index in [4.69, 9.17) is 5.73 Å². The Morgan fingerprint density at radius 3 is 2.20 bits per heavy atom. The van der Waals surface area contributed by atoms with Crippen molar-refractivity contribution in [3.8, 4) is 0 Å². The predicted molar refractivity (Wildman–Crippen MR) is 84.0 cm³/mol. The number of benzene rings is 1. The molecule has 0 unspecified atom stereocenters. The van der Waals surface area contributed by atoms with Crippen molar-refractivity contribution in [3.63, 3.8) is 0 Å². The van der Waals surface area contributed by atoms with Crippen LogP contribution < -0.4 is 5.73 Å². The number of aryl methyl sites for hydroxylation is 3. The topological polar surface area (TPSA) is 43.1 Å². The summed E-state index contributed by atoms with van der Waals surface area (Å²) < 4.78 is 0. The predicted octanol–water partition coefficient (Wildman–Crippen LogP) is 3.78. The lowest BCUT2D eigenvalue weighted by molar-refractivity contribution is -0.119. The van der Waals surface area contributed by atoms with Crippen LogP contribution in [0.15, 0.2) is 12.1 Å². The SMILES string of the molecule is Cc1cc(C)c(CC(=O)CC2(N)CCCCC2)c(C)c1. The van der Waals surface area contributed by atoms with Crippen LogP contribution in [0.25, 0.3) is 0 Å². The second-order valence-corrected chi connectivity index (χ2v) is 6.69. The van der Waals surface area contributed by atoms with Gasteiger partial charge in [0.25, 0.3) is 0 Å². The van der Waals surface area contributed by atoms with Crippen molar-refractivity contribution in [1.29, 1.82) is 0 Å². The third kappa shape index (κ3) is 3.69. The van der Waals surface area contributed by atoms with Gasteiger partial charge in [-0.2, -0.15) is 0 Å². The molecule has 2 N–H and O–H groups in total. The zero-order valence-electron chi connectivity index (χ0n) is 13.1. The third-order valence-electron chi connectivity index (χ3n) is 4.61. The molecule has 0 aliphatic heterocycles. The molecule has 0 atom stereocenters. The summed E-state index contributed by atoms with van der Waals surface area (Å²) in [5.41, 5.74) is 11.1. The molecule has 1 fully saturated rings. The summed E-state index contributed by atoms with van der Waals surface area (Å²) >= 11 is 0. The smallest absolute Gasteiger partial charge is 0.139 e. The molecule has 0 radical (unpaired) electrons. The summed E-state index contributed by atoms with van der Waals surface area (Å²) in [7, 11) is 0. The van der Waals surface area contributed by atoms with Crippen molar-refractivity contribution in [1.82, 2.24) is 0 Å². The van der Waals surface area contributed by atoms with Crippen LogP contribution in [0, 0.1) is 20.8 Å². The van der Waals surface area contributed by atoms with Crippen molar-refractivity contribution in [2.75, 3.05) is 0 Å². The highest BCUT2D eigenvalue weighted by Gasteiger charge is 2.30. The molecular weight excluding hydrogens is 246 g/mol. The molecular formula is C18H27NO. The Morgan fingerprint density at radius 2 is 1.65 bits per heavy atom. The maximum Gasteiger partial charge on any atom is 0.139 e. The molecule has 2 rings (SSSR count). The lowest BCUT2D eigenvalue weighted by Gasteiger charge is -2.33. The molecule has 0 bridgehead atoms. The Bertz CT molecular complexity index is 475. The van der Waals surface area contributed by atoms with Gasteiger partial charge in [-0.05, 0) is 50.3 Å². The number of ketones is 1. The molecule has 0 amide bonds. The molecule has 2 heteroatoms. The van der Waals surface area contributed by atoms with E-state index in [0.717, 1.165) is 12.8 Å².